The second-order valence-electron chi connectivity index (χ2n) is 1.83. The van der Waals surface area contributed by atoms with Crippen LogP contribution in [0.5, 0.6) is 0 Å². The van der Waals surface area contributed by atoms with Crippen LogP contribution in [0, 0.1) is 7.05 Å². The Hall–Kier alpha value is -0.760. The third kappa shape index (κ3) is 1.90. The van der Waals surface area contributed by atoms with Gasteiger partial charge in [0.05, 0.1) is 6.26 Å². The first-order chi connectivity index (χ1) is 4.43. The van der Waals surface area contributed by atoms with Crippen molar-refractivity contribution in [3.8, 4) is 0 Å². The van der Waals surface area contributed by atoms with E-state index in [1.807, 2.05) is 12.1 Å². The fourth-order valence-corrected chi connectivity index (χ4v) is 0.666. The predicted molar refractivity (Wildman–Crippen MR) is 35.8 cm³/mol. The van der Waals surface area contributed by atoms with Gasteiger partial charge < -0.3 is 9.73 Å². The molecule has 1 N–H and O–H groups in total. The Morgan fingerprint density at radius 1 is 1.67 bits per heavy atom. The van der Waals surface area contributed by atoms with E-state index >= 15 is 0 Å². The molecule has 0 amide bonds. The van der Waals surface area contributed by atoms with Crippen LogP contribution in [0.2, 0.25) is 0 Å². The monoisotopic (exact) mass is 124 g/mol. The summed E-state index contributed by atoms with van der Waals surface area (Å²) >= 11 is 0. The standard InChI is InChI=1S/C7H10NO/c1-8-5-4-7-3-2-6-9-7/h2-3,6,8H,1,4-5H2. The van der Waals surface area contributed by atoms with Crippen molar-refractivity contribution in [2.24, 2.45) is 0 Å². The largest absolute Gasteiger partial charge is 0.469 e. The molecule has 1 aromatic heterocycles. The zero-order valence-electron chi connectivity index (χ0n) is 5.26. The van der Waals surface area contributed by atoms with Crippen molar-refractivity contribution in [1.82, 2.24) is 5.32 Å². The van der Waals surface area contributed by atoms with Crippen LogP contribution in [0.15, 0.2) is 22.8 Å². The lowest BCUT2D eigenvalue weighted by Gasteiger charge is -1.92. The van der Waals surface area contributed by atoms with Crippen molar-refractivity contribution in [3.05, 3.63) is 31.2 Å². The maximum absolute atomic E-state index is 5.07. The Kier molecular flexibility index (Phi) is 2.33. The second-order valence-corrected chi connectivity index (χ2v) is 1.83. The van der Waals surface area contributed by atoms with Crippen LogP contribution >= 0.6 is 0 Å². The summed E-state index contributed by atoms with van der Waals surface area (Å²) in [5, 5.41) is 2.80. The van der Waals surface area contributed by atoms with E-state index in [4.69, 9.17) is 4.42 Å². The van der Waals surface area contributed by atoms with Crippen molar-refractivity contribution < 1.29 is 4.42 Å². The first kappa shape index (κ1) is 6.36. The third-order valence-electron chi connectivity index (χ3n) is 1.13. The normalized spacial score (nSPS) is 9.89. The Balaban J connectivity index is 2.30. The molecule has 0 spiro atoms. The molecule has 2 heteroatoms. The minimum absolute atomic E-state index is 0.869. The number of hydrogen-bond acceptors (Lipinski definition) is 2. The second kappa shape index (κ2) is 3.30. The molecule has 0 aromatic carbocycles. The molecule has 0 saturated carbocycles. The van der Waals surface area contributed by atoms with Gasteiger partial charge in [0.25, 0.3) is 0 Å². The fourth-order valence-electron chi connectivity index (χ4n) is 0.666. The molecule has 0 atom stereocenters. The highest BCUT2D eigenvalue weighted by molar-refractivity contribution is 4.98. The SMILES string of the molecule is [CH2]NCCc1ccco1. The van der Waals surface area contributed by atoms with Gasteiger partial charge in [0.1, 0.15) is 5.76 Å². The predicted octanol–water partition coefficient (Wildman–Crippen LogP) is 1.20. The molecule has 0 saturated heterocycles. The third-order valence-corrected chi connectivity index (χ3v) is 1.13. The highest BCUT2D eigenvalue weighted by atomic mass is 16.3. The molecular formula is C7H10NO. The van der Waals surface area contributed by atoms with Gasteiger partial charge in [-0.05, 0) is 12.1 Å². The molecule has 0 bridgehead atoms. The highest BCUT2D eigenvalue weighted by Gasteiger charge is 1.90. The van der Waals surface area contributed by atoms with Crippen molar-refractivity contribution in [1.29, 1.82) is 0 Å². The van der Waals surface area contributed by atoms with Gasteiger partial charge in [-0.1, -0.05) is 0 Å². The molecule has 0 unspecified atom stereocenters. The van der Waals surface area contributed by atoms with Crippen LogP contribution in [-0.4, -0.2) is 6.54 Å². The van der Waals surface area contributed by atoms with Gasteiger partial charge in [-0.25, -0.2) is 0 Å². The van der Waals surface area contributed by atoms with Gasteiger partial charge in [0.2, 0.25) is 0 Å². The topological polar surface area (TPSA) is 25.2 Å². The first-order valence-corrected chi connectivity index (χ1v) is 2.96. The Morgan fingerprint density at radius 3 is 3.11 bits per heavy atom. The van der Waals surface area contributed by atoms with Crippen molar-refractivity contribution in [2.45, 2.75) is 6.42 Å². The number of rotatable bonds is 3. The Morgan fingerprint density at radius 2 is 2.56 bits per heavy atom. The molecule has 0 aliphatic rings. The van der Waals surface area contributed by atoms with Gasteiger partial charge >= 0.3 is 0 Å². The lowest BCUT2D eigenvalue weighted by Crippen LogP contribution is -2.06. The molecule has 49 valence electrons. The zero-order chi connectivity index (χ0) is 6.53. The summed E-state index contributed by atoms with van der Waals surface area (Å²) in [5.74, 6) is 1.01. The zero-order valence-corrected chi connectivity index (χ0v) is 5.26. The first-order valence-electron chi connectivity index (χ1n) is 2.96. The molecule has 2 nitrogen and oxygen atoms in total. The number of hydrogen-bond donors (Lipinski definition) is 1. The molecule has 1 rings (SSSR count). The van der Waals surface area contributed by atoms with E-state index in [2.05, 4.69) is 12.4 Å². The van der Waals surface area contributed by atoms with E-state index in [1.165, 1.54) is 0 Å². The van der Waals surface area contributed by atoms with E-state index in [9.17, 15) is 0 Å². The smallest absolute Gasteiger partial charge is 0.105 e. The Labute approximate surface area is 54.9 Å². The molecule has 1 radical (unpaired) electrons. The summed E-state index contributed by atoms with van der Waals surface area (Å²) in [6, 6.07) is 3.84. The molecule has 1 heterocycles. The van der Waals surface area contributed by atoms with E-state index in [1.54, 1.807) is 6.26 Å². The van der Waals surface area contributed by atoms with E-state index in [0.717, 1.165) is 18.7 Å². The summed E-state index contributed by atoms with van der Waals surface area (Å²) in [4.78, 5) is 0. The van der Waals surface area contributed by atoms with Gasteiger partial charge in [-0.15, -0.1) is 0 Å². The van der Waals surface area contributed by atoms with Crippen LogP contribution in [-0.2, 0) is 6.42 Å². The summed E-state index contributed by atoms with van der Waals surface area (Å²) < 4.78 is 5.07. The van der Waals surface area contributed by atoms with Gasteiger partial charge in [0.15, 0.2) is 0 Å². The lowest BCUT2D eigenvalue weighted by molar-refractivity contribution is 0.506. The van der Waals surface area contributed by atoms with E-state index in [-0.39, 0.29) is 0 Å². The quantitative estimate of drug-likeness (QED) is 0.655. The van der Waals surface area contributed by atoms with Gasteiger partial charge in [-0.2, -0.15) is 0 Å². The molecule has 0 fully saturated rings. The van der Waals surface area contributed by atoms with Crippen LogP contribution in [0.4, 0.5) is 0 Å². The molecular weight excluding hydrogens is 114 g/mol. The van der Waals surface area contributed by atoms with Crippen LogP contribution in [0.3, 0.4) is 0 Å². The Bertz CT molecular complexity index is 146. The summed E-state index contributed by atoms with van der Waals surface area (Å²) in [7, 11) is 3.49. The summed E-state index contributed by atoms with van der Waals surface area (Å²) in [6.45, 7) is 0.869. The molecule has 0 aliphatic heterocycles. The maximum atomic E-state index is 5.07. The lowest BCUT2D eigenvalue weighted by atomic mass is 10.3. The summed E-state index contributed by atoms with van der Waals surface area (Å²) in [6.07, 6.45) is 2.59. The summed E-state index contributed by atoms with van der Waals surface area (Å²) in [5.41, 5.74) is 0. The minimum atomic E-state index is 0.869. The maximum Gasteiger partial charge on any atom is 0.105 e. The van der Waals surface area contributed by atoms with Gasteiger partial charge in [-0.3, -0.25) is 0 Å². The number of nitrogens with one attached hydrogen (secondary N) is 1. The van der Waals surface area contributed by atoms with Crippen LogP contribution in [0.25, 0.3) is 0 Å². The minimum Gasteiger partial charge on any atom is -0.469 e. The number of furan rings is 1. The average Bonchev–Trinajstić information content (AvgIpc) is 2.34. The van der Waals surface area contributed by atoms with E-state index in [0.29, 0.717) is 0 Å². The average molecular weight is 124 g/mol. The van der Waals surface area contributed by atoms with Crippen LogP contribution < -0.4 is 5.32 Å². The molecule has 9 heavy (non-hydrogen) atoms. The van der Waals surface area contributed by atoms with Gasteiger partial charge in [0, 0.05) is 20.0 Å². The van der Waals surface area contributed by atoms with Crippen molar-refractivity contribution in [2.75, 3.05) is 6.54 Å². The highest BCUT2D eigenvalue weighted by Crippen LogP contribution is 1.98. The molecule has 0 aliphatic carbocycles. The van der Waals surface area contributed by atoms with Crippen LogP contribution in [0.1, 0.15) is 5.76 Å². The van der Waals surface area contributed by atoms with Crippen molar-refractivity contribution in [3.63, 3.8) is 0 Å². The molecule has 1 aromatic rings. The van der Waals surface area contributed by atoms with E-state index < -0.39 is 0 Å². The van der Waals surface area contributed by atoms with Crippen molar-refractivity contribution >= 4 is 0 Å². The fraction of sp³-hybridized carbons (Fsp3) is 0.286.